The molecule has 2 unspecified atom stereocenters. The summed E-state index contributed by atoms with van der Waals surface area (Å²) < 4.78 is 31.8. The van der Waals surface area contributed by atoms with Crippen molar-refractivity contribution < 1.29 is 28.4 Å². The molecule has 180 valence electrons. The lowest BCUT2D eigenvalue weighted by atomic mass is 10.0. The van der Waals surface area contributed by atoms with Gasteiger partial charge in [-0.25, -0.2) is 0 Å². The molecule has 0 aromatic heterocycles. The average molecular weight is 433 g/mol. The smallest absolute Gasteiger partial charge is 0.104 e. The van der Waals surface area contributed by atoms with Crippen molar-refractivity contribution in [2.75, 3.05) is 52.9 Å². The van der Waals surface area contributed by atoms with E-state index in [-0.39, 0.29) is 0 Å². The van der Waals surface area contributed by atoms with Gasteiger partial charge in [0.1, 0.15) is 6.10 Å². The summed E-state index contributed by atoms with van der Waals surface area (Å²) >= 11 is 0. The number of hydrogen-bond donors (Lipinski definition) is 0. The SMILES string of the molecule is CC(C)OC1COC1.CCC(C)OCC1CCOCC1.CCC(C)OCC1COC1. The minimum atomic E-state index is 0.351. The molecular weight excluding hydrogens is 384 g/mol. The van der Waals surface area contributed by atoms with Gasteiger partial charge in [0.15, 0.2) is 0 Å². The van der Waals surface area contributed by atoms with Gasteiger partial charge >= 0.3 is 0 Å². The summed E-state index contributed by atoms with van der Waals surface area (Å²) in [5.74, 6) is 1.42. The Kier molecular flexibility index (Phi) is 16.1. The first-order chi connectivity index (χ1) is 14.4. The van der Waals surface area contributed by atoms with Crippen molar-refractivity contribution >= 4 is 0 Å². The molecule has 0 N–H and O–H groups in total. The molecule has 6 nitrogen and oxygen atoms in total. The van der Waals surface area contributed by atoms with Crippen LogP contribution in [0.3, 0.4) is 0 Å². The van der Waals surface area contributed by atoms with Gasteiger partial charge in [-0.3, -0.25) is 0 Å². The molecule has 6 heteroatoms. The lowest BCUT2D eigenvalue weighted by molar-refractivity contribution is -0.146. The molecule has 3 aliphatic rings. The summed E-state index contributed by atoms with van der Waals surface area (Å²) in [6.07, 6.45) is 6.15. The second-order valence-corrected chi connectivity index (χ2v) is 8.91. The maximum atomic E-state index is 5.68. The van der Waals surface area contributed by atoms with Crippen molar-refractivity contribution in [2.45, 2.75) is 91.6 Å². The minimum Gasteiger partial charge on any atom is -0.381 e. The van der Waals surface area contributed by atoms with Crippen molar-refractivity contribution in [1.29, 1.82) is 0 Å². The van der Waals surface area contributed by atoms with Gasteiger partial charge in [-0.15, -0.1) is 0 Å². The highest BCUT2D eigenvalue weighted by atomic mass is 16.6. The third-order valence-electron chi connectivity index (χ3n) is 5.50. The zero-order chi connectivity index (χ0) is 22.2. The quantitative estimate of drug-likeness (QED) is 0.507. The normalized spacial score (nSPS) is 22.1. The van der Waals surface area contributed by atoms with Crippen molar-refractivity contribution in [3.63, 3.8) is 0 Å². The minimum absolute atomic E-state index is 0.351. The van der Waals surface area contributed by atoms with Crippen molar-refractivity contribution in [3.05, 3.63) is 0 Å². The van der Waals surface area contributed by atoms with E-state index in [0.29, 0.717) is 30.3 Å². The molecule has 0 aromatic rings. The van der Waals surface area contributed by atoms with Crippen LogP contribution >= 0.6 is 0 Å². The fraction of sp³-hybridized carbons (Fsp3) is 1.00. The molecule has 0 saturated carbocycles. The molecule has 2 atom stereocenters. The van der Waals surface area contributed by atoms with Gasteiger partial charge < -0.3 is 28.4 Å². The van der Waals surface area contributed by atoms with Gasteiger partial charge in [-0.05, 0) is 59.3 Å². The van der Waals surface area contributed by atoms with Crippen LogP contribution in [0, 0.1) is 11.8 Å². The highest BCUT2D eigenvalue weighted by Gasteiger charge is 2.20. The van der Waals surface area contributed by atoms with E-state index in [9.17, 15) is 0 Å². The highest BCUT2D eigenvalue weighted by Crippen LogP contribution is 2.15. The van der Waals surface area contributed by atoms with Gasteiger partial charge in [-0.1, -0.05) is 13.8 Å². The van der Waals surface area contributed by atoms with Crippen molar-refractivity contribution in [1.82, 2.24) is 0 Å². The third kappa shape index (κ3) is 13.9. The summed E-state index contributed by atoms with van der Waals surface area (Å²) in [7, 11) is 0. The van der Waals surface area contributed by atoms with Crippen LogP contribution in [0.2, 0.25) is 0 Å². The molecule has 3 saturated heterocycles. The molecule has 0 aliphatic carbocycles. The molecule has 30 heavy (non-hydrogen) atoms. The summed E-state index contributed by atoms with van der Waals surface area (Å²) in [6, 6.07) is 0. The van der Waals surface area contributed by atoms with E-state index in [1.54, 1.807) is 0 Å². The lowest BCUT2D eigenvalue weighted by Crippen LogP contribution is -2.37. The summed E-state index contributed by atoms with van der Waals surface area (Å²) in [6.45, 7) is 19.7. The number of hydrogen-bond acceptors (Lipinski definition) is 6. The lowest BCUT2D eigenvalue weighted by Gasteiger charge is -2.27. The van der Waals surface area contributed by atoms with Gasteiger partial charge in [-0.2, -0.15) is 0 Å². The summed E-state index contributed by atoms with van der Waals surface area (Å²) in [4.78, 5) is 0. The molecule has 3 heterocycles. The number of rotatable bonds is 10. The molecular formula is C24H48O6. The van der Waals surface area contributed by atoms with Crippen molar-refractivity contribution in [3.8, 4) is 0 Å². The van der Waals surface area contributed by atoms with Crippen LogP contribution in [0.25, 0.3) is 0 Å². The average Bonchev–Trinajstić information content (AvgIpc) is 2.69. The highest BCUT2D eigenvalue weighted by molar-refractivity contribution is 4.65. The van der Waals surface area contributed by atoms with E-state index in [0.717, 1.165) is 71.6 Å². The maximum Gasteiger partial charge on any atom is 0.104 e. The molecule has 0 aromatic carbocycles. The molecule has 3 rings (SSSR count). The maximum absolute atomic E-state index is 5.68. The Labute approximate surface area is 185 Å². The van der Waals surface area contributed by atoms with E-state index < -0.39 is 0 Å². The molecule has 3 aliphatic heterocycles. The van der Waals surface area contributed by atoms with Gasteiger partial charge in [0.25, 0.3) is 0 Å². The summed E-state index contributed by atoms with van der Waals surface area (Å²) in [5.41, 5.74) is 0. The Hall–Kier alpha value is -0.240. The Morgan fingerprint density at radius 1 is 0.700 bits per heavy atom. The fourth-order valence-electron chi connectivity index (χ4n) is 2.81. The Morgan fingerprint density at radius 3 is 1.53 bits per heavy atom. The van der Waals surface area contributed by atoms with E-state index in [4.69, 9.17) is 28.4 Å². The molecule has 3 fully saturated rings. The van der Waals surface area contributed by atoms with Crippen LogP contribution in [0.4, 0.5) is 0 Å². The van der Waals surface area contributed by atoms with E-state index in [2.05, 4.69) is 27.7 Å². The Balaban J connectivity index is 0.000000230. The largest absolute Gasteiger partial charge is 0.381 e. The van der Waals surface area contributed by atoms with Crippen LogP contribution in [0.15, 0.2) is 0 Å². The zero-order valence-electron chi connectivity index (χ0n) is 20.4. The van der Waals surface area contributed by atoms with E-state index in [1.165, 1.54) is 12.8 Å². The zero-order valence-corrected chi connectivity index (χ0v) is 20.4. The Bertz CT molecular complexity index is 373. The van der Waals surface area contributed by atoms with Crippen LogP contribution in [0.5, 0.6) is 0 Å². The fourth-order valence-corrected chi connectivity index (χ4v) is 2.81. The Morgan fingerprint density at radius 2 is 1.20 bits per heavy atom. The van der Waals surface area contributed by atoms with Gasteiger partial charge in [0, 0.05) is 25.7 Å². The first kappa shape index (κ1) is 27.8. The third-order valence-corrected chi connectivity index (χ3v) is 5.50. The van der Waals surface area contributed by atoms with Crippen molar-refractivity contribution in [2.24, 2.45) is 11.8 Å². The standard InChI is InChI=1S/C10H20O2.C8H16O2.C6H12O2/c1-3-9(2)12-8-10-4-6-11-7-5-10;1-3-7(2)10-6-8-4-9-5-8;1-5(2)8-6-3-7-4-6/h9-10H,3-8H2,1-2H3;7-8H,3-6H2,1-2H3;5-6H,3-4H2,1-2H3. The molecule has 0 radical (unpaired) electrons. The molecule has 0 spiro atoms. The van der Waals surface area contributed by atoms with Crippen LogP contribution in [-0.2, 0) is 28.4 Å². The predicted molar refractivity (Wildman–Crippen MR) is 120 cm³/mol. The first-order valence-corrected chi connectivity index (χ1v) is 12.1. The monoisotopic (exact) mass is 432 g/mol. The summed E-state index contributed by atoms with van der Waals surface area (Å²) in [5, 5.41) is 0. The van der Waals surface area contributed by atoms with Crippen LogP contribution < -0.4 is 0 Å². The van der Waals surface area contributed by atoms with Gasteiger partial charge in [0.2, 0.25) is 0 Å². The molecule has 0 amide bonds. The van der Waals surface area contributed by atoms with Crippen LogP contribution in [0.1, 0.15) is 67.2 Å². The second kappa shape index (κ2) is 17.3. The first-order valence-electron chi connectivity index (χ1n) is 12.1. The van der Waals surface area contributed by atoms with E-state index in [1.807, 2.05) is 13.8 Å². The van der Waals surface area contributed by atoms with Gasteiger partial charge in [0.05, 0.1) is 51.3 Å². The predicted octanol–water partition coefficient (Wildman–Crippen LogP) is 4.49. The number of ether oxygens (including phenoxy) is 6. The van der Waals surface area contributed by atoms with E-state index >= 15 is 0 Å². The molecule has 0 bridgehead atoms. The topological polar surface area (TPSA) is 55.4 Å². The van der Waals surface area contributed by atoms with Crippen LogP contribution in [-0.4, -0.2) is 77.3 Å². The second-order valence-electron chi connectivity index (χ2n) is 8.91.